The van der Waals surface area contributed by atoms with Crippen molar-refractivity contribution in [1.82, 2.24) is 19.5 Å². The van der Waals surface area contributed by atoms with Gasteiger partial charge in [0.1, 0.15) is 19.0 Å². The number of ether oxygens (including phenoxy) is 3. The number of carbonyl (C=O) groups excluding carboxylic acids is 1. The van der Waals surface area contributed by atoms with E-state index in [4.69, 9.17) is 24.2 Å². The summed E-state index contributed by atoms with van der Waals surface area (Å²) in [5, 5.41) is 0. The van der Waals surface area contributed by atoms with Gasteiger partial charge in [-0.15, -0.1) is 0 Å². The minimum Gasteiger partial charge on any atom is -0.465 e. The molecule has 0 bridgehead atoms. The molecule has 1 aliphatic rings. The van der Waals surface area contributed by atoms with E-state index in [0.29, 0.717) is 47.8 Å². The highest BCUT2D eigenvalue weighted by Crippen LogP contribution is 2.33. The Hall–Kier alpha value is -3.98. The molecular formula is C33H41N5O4. The summed E-state index contributed by atoms with van der Waals surface area (Å²) in [4.78, 5) is 28.6. The van der Waals surface area contributed by atoms with Crippen LogP contribution in [0.2, 0.25) is 0 Å². The minimum absolute atomic E-state index is 0.0211. The lowest BCUT2D eigenvalue weighted by atomic mass is 9.84. The van der Waals surface area contributed by atoms with Crippen LogP contribution in [-0.4, -0.2) is 44.4 Å². The van der Waals surface area contributed by atoms with Crippen LogP contribution >= 0.6 is 0 Å². The van der Waals surface area contributed by atoms with Crippen molar-refractivity contribution in [3.63, 3.8) is 0 Å². The van der Waals surface area contributed by atoms with E-state index in [-0.39, 0.29) is 24.8 Å². The topological polar surface area (TPSA) is 91.6 Å². The summed E-state index contributed by atoms with van der Waals surface area (Å²) < 4.78 is 19.3. The van der Waals surface area contributed by atoms with Gasteiger partial charge in [-0.1, -0.05) is 61.7 Å². The predicted octanol–water partition coefficient (Wildman–Crippen LogP) is 7.01. The molecule has 2 aromatic heterocycles. The molecule has 1 saturated carbocycles. The maximum atomic E-state index is 12.4. The summed E-state index contributed by atoms with van der Waals surface area (Å²) in [6, 6.07) is 18.3. The van der Waals surface area contributed by atoms with Gasteiger partial charge in [-0.25, -0.2) is 4.98 Å². The second-order valence-corrected chi connectivity index (χ2v) is 11.8. The zero-order valence-electron chi connectivity index (χ0n) is 25.1. The van der Waals surface area contributed by atoms with Crippen LogP contribution in [0.4, 0.5) is 5.95 Å². The molecule has 2 aromatic carbocycles. The third kappa shape index (κ3) is 7.64. The van der Waals surface area contributed by atoms with Crippen molar-refractivity contribution in [3.05, 3.63) is 72.1 Å². The average Bonchev–Trinajstić information content (AvgIpc) is 3.39. The van der Waals surface area contributed by atoms with Crippen molar-refractivity contribution in [3.8, 4) is 11.6 Å². The molecular weight excluding hydrogens is 530 g/mol. The van der Waals surface area contributed by atoms with Gasteiger partial charge in [0.2, 0.25) is 5.95 Å². The molecule has 0 unspecified atom stereocenters. The van der Waals surface area contributed by atoms with E-state index in [1.54, 1.807) is 17.8 Å². The normalized spacial score (nSPS) is 14.2. The lowest BCUT2D eigenvalue weighted by molar-refractivity contribution is -0.143. The molecule has 1 aliphatic carbocycles. The first-order chi connectivity index (χ1) is 20.3. The van der Waals surface area contributed by atoms with Gasteiger partial charge in [-0.3, -0.25) is 4.79 Å². The van der Waals surface area contributed by atoms with Crippen LogP contribution in [0, 0.1) is 0 Å². The molecule has 0 spiro atoms. The van der Waals surface area contributed by atoms with E-state index < -0.39 is 0 Å². The number of para-hydroxylation sites is 1. The van der Waals surface area contributed by atoms with Gasteiger partial charge in [0.25, 0.3) is 5.88 Å². The van der Waals surface area contributed by atoms with Gasteiger partial charge in [0.15, 0.2) is 11.2 Å². The molecule has 0 aliphatic heterocycles. The number of anilines is 1. The molecule has 0 atom stereocenters. The van der Waals surface area contributed by atoms with Crippen molar-refractivity contribution in [2.24, 2.45) is 0 Å². The molecule has 4 aromatic rings. The molecule has 5 rings (SSSR count). The van der Waals surface area contributed by atoms with Gasteiger partial charge < -0.3 is 23.7 Å². The fourth-order valence-corrected chi connectivity index (χ4v) is 5.18. The highest BCUT2D eigenvalue weighted by atomic mass is 16.5. The molecule has 9 nitrogen and oxygen atoms in total. The van der Waals surface area contributed by atoms with Crippen LogP contribution in [0.3, 0.4) is 0 Å². The van der Waals surface area contributed by atoms with Crippen molar-refractivity contribution in [1.29, 1.82) is 0 Å². The van der Waals surface area contributed by atoms with Crippen molar-refractivity contribution >= 4 is 23.1 Å². The average molecular weight is 572 g/mol. The summed E-state index contributed by atoms with van der Waals surface area (Å²) >= 11 is 0. The highest BCUT2D eigenvalue weighted by molar-refractivity contribution is 5.80. The Bertz CT molecular complexity index is 1460. The third-order valence-electron chi connectivity index (χ3n) is 7.35. The number of aromatic nitrogens is 4. The largest absolute Gasteiger partial charge is 0.465 e. The second-order valence-electron chi connectivity index (χ2n) is 11.8. The second kappa shape index (κ2) is 13.3. The Balaban J connectivity index is 1.50. The molecule has 0 saturated heterocycles. The predicted molar refractivity (Wildman–Crippen MR) is 163 cm³/mol. The standard InChI is InChI=1S/C33H41N5O4/c1-5-40-28(39)21-37-22-34-29-30(37)35-32(36-31(29)42-27-14-10-7-11-15-27)38(23-41-33(2,3)4)20-24-16-18-26(19-17-24)25-12-8-6-9-13-25/h7,10-11,14-19,22,25H,5-6,8-9,12-13,20-21,23H2,1-4H3. The smallest absolute Gasteiger partial charge is 0.326 e. The number of benzene rings is 2. The van der Waals surface area contributed by atoms with Crippen molar-refractivity contribution in [2.75, 3.05) is 18.2 Å². The first-order valence-electron chi connectivity index (χ1n) is 14.9. The van der Waals surface area contributed by atoms with E-state index in [1.165, 1.54) is 37.7 Å². The van der Waals surface area contributed by atoms with Crippen LogP contribution in [0.1, 0.15) is 76.8 Å². The summed E-state index contributed by atoms with van der Waals surface area (Å²) in [6.07, 6.45) is 8.06. The number of hydrogen-bond donors (Lipinski definition) is 0. The lowest BCUT2D eigenvalue weighted by Crippen LogP contribution is -2.33. The summed E-state index contributed by atoms with van der Waals surface area (Å²) in [5.74, 6) is 1.63. The maximum absolute atomic E-state index is 12.4. The zero-order chi connectivity index (χ0) is 29.5. The number of fused-ring (bicyclic) bond motifs is 1. The molecule has 0 radical (unpaired) electrons. The Kier molecular flexibility index (Phi) is 9.37. The van der Waals surface area contributed by atoms with Gasteiger partial charge in [-0.2, -0.15) is 9.97 Å². The quantitative estimate of drug-likeness (QED) is 0.140. The summed E-state index contributed by atoms with van der Waals surface area (Å²) in [7, 11) is 0. The number of hydrogen-bond acceptors (Lipinski definition) is 8. The van der Waals surface area contributed by atoms with Gasteiger partial charge in [0.05, 0.1) is 18.5 Å². The number of rotatable bonds is 11. The third-order valence-corrected chi connectivity index (χ3v) is 7.35. The summed E-state index contributed by atoms with van der Waals surface area (Å²) in [5.41, 5.74) is 3.10. The molecule has 0 amide bonds. The molecule has 42 heavy (non-hydrogen) atoms. The van der Waals surface area contributed by atoms with Gasteiger partial charge in [-0.05, 0) is 69.7 Å². The number of nitrogens with zero attached hydrogens (tertiary/aromatic N) is 5. The molecule has 1 fully saturated rings. The first kappa shape index (κ1) is 29.5. The monoisotopic (exact) mass is 571 g/mol. The van der Waals surface area contributed by atoms with Crippen molar-refractivity contribution in [2.45, 2.75) is 84.4 Å². The first-order valence-corrected chi connectivity index (χ1v) is 14.9. The van der Waals surface area contributed by atoms with Crippen molar-refractivity contribution < 1.29 is 19.0 Å². The highest BCUT2D eigenvalue weighted by Gasteiger charge is 2.23. The Morgan fingerprint density at radius 1 is 1.00 bits per heavy atom. The molecule has 9 heteroatoms. The van der Waals surface area contributed by atoms with Gasteiger partial charge in [0, 0.05) is 6.54 Å². The van der Waals surface area contributed by atoms with Crippen LogP contribution in [-0.2, 0) is 27.4 Å². The number of esters is 1. The Morgan fingerprint density at radius 3 is 2.43 bits per heavy atom. The van der Waals surface area contributed by atoms with E-state index in [1.807, 2.05) is 56.0 Å². The Labute approximate surface area is 247 Å². The maximum Gasteiger partial charge on any atom is 0.326 e. The fraction of sp³-hybridized carbons (Fsp3) is 0.455. The minimum atomic E-state index is -0.373. The van der Waals surface area contributed by atoms with Crippen LogP contribution in [0.15, 0.2) is 60.9 Å². The van der Waals surface area contributed by atoms with Crippen LogP contribution in [0.5, 0.6) is 11.6 Å². The van der Waals surface area contributed by atoms with Gasteiger partial charge >= 0.3 is 5.97 Å². The fourth-order valence-electron chi connectivity index (χ4n) is 5.18. The van der Waals surface area contributed by atoms with E-state index >= 15 is 0 Å². The summed E-state index contributed by atoms with van der Waals surface area (Å²) in [6.45, 7) is 8.91. The molecule has 222 valence electrons. The van der Waals surface area contributed by atoms with Crippen LogP contribution in [0.25, 0.3) is 11.2 Å². The number of imidazole rings is 1. The number of carbonyl (C=O) groups is 1. The Morgan fingerprint density at radius 2 is 1.74 bits per heavy atom. The molecule has 2 heterocycles. The van der Waals surface area contributed by atoms with E-state index in [9.17, 15) is 4.79 Å². The zero-order valence-corrected chi connectivity index (χ0v) is 25.1. The lowest BCUT2D eigenvalue weighted by Gasteiger charge is -2.28. The SMILES string of the molecule is CCOC(=O)Cn1cnc2c(Oc3ccccc3)nc(N(COC(C)(C)C)Cc3ccc(C4CCCCC4)cc3)nc21. The van der Waals surface area contributed by atoms with E-state index in [0.717, 1.165) is 5.56 Å². The molecule has 0 N–H and O–H groups in total. The van der Waals surface area contributed by atoms with E-state index in [2.05, 4.69) is 29.2 Å². The van der Waals surface area contributed by atoms with Crippen LogP contribution < -0.4 is 9.64 Å².